The van der Waals surface area contributed by atoms with Crippen LogP contribution in [0.2, 0.25) is 0 Å². The van der Waals surface area contributed by atoms with Crippen molar-refractivity contribution in [1.82, 2.24) is 10.2 Å². The first-order chi connectivity index (χ1) is 12.3. The van der Waals surface area contributed by atoms with Gasteiger partial charge in [0.2, 0.25) is 5.91 Å². The summed E-state index contributed by atoms with van der Waals surface area (Å²) in [4.78, 5) is 26.4. The molecule has 26 heavy (non-hydrogen) atoms. The summed E-state index contributed by atoms with van der Waals surface area (Å²) in [6, 6.07) is 10.4. The van der Waals surface area contributed by atoms with Gasteiger partial charge in [-0.25, -0.2) is 4.79 Å². The Kier molecular flexibility index (Phi) is 5.26. The van der Waals surface area contributed by atoms with E-state index in [0.29, 0.717) is 32.5 Å². The van der Waals surface area contributed by atoms with Crippen LogP contribution in [0.1, 0.15) is 52.0 Å². The monoisotopic (exact) mass is 358 g/mol. The molecular formula is C21H30N2O3. The van der Waals surface area contributed by atoms with E-state index in [1.54, 1.807) is 4.90 Å². The van der Waals surface area contributed by atoms with Gasteiger partial charge in [0.25, 0.3) is 0 Å². The minimum atomic E-state index is -0.485. The summed E-state index contributed by atoms with van der Waals surface area (Å²) >= 11 is 0. The van der Waals surface area contributed by atoms with Gasteiger partial charge in [-0.05, 0) is 52.0 Å². The molecule has 1 N–H and O–H groups in total. The number of carbonyl (C=O) groups is 2. The van der Waals surface area contributed by atoms with E-state index in [1.165, 1.54) is 5.56 Å². The van der Waals surface area contributed by atoms with E-state index in [2.05, 4.69) is 29.6 Å². The Balaban J connectivity index is 1.45. The van der Waals surface area contributed by atoms with Crippen molar-refractivity contribution in [2.75, 3.05) is 19.6 Å². The zero-order valence-corrected chi connectivity index (χ0v) is 16.1. The maximum atomic E-state index is 12.6. The molecule has 5 heteroatoms. The van der Waals surface area contributed by atoms with Gasteiger partial charge in [0.15, 0.2) is 0 Å². The molecule has 1 heterocycles. The van der Waals surface area contributed by atoms with Crippen LogP contribution in [-0.4, -0.2) is 42.1 Å². The molecular weight excluding hydrogens is 328 g/mol. The second-order valence-corrected chi connectivity index (χ2v) is 8.61. The maximum absolute atomic E-state index is 12.6. The third kappa shape index (κ3) is 4.57. The molecule has 2 aliphatic rings. The van der Waals surface area contributed by atoms with Gasteiger partial charge in [0.1, 0.15) is 5.60 Å². The van der Waals surface area contributed by atoms with Crippen molar-refractivity contribution in [1.29, 1.82) is 0 Å². The molecule has 1 aliphatic heterocycles. The maximum Gasteiger partial charge on any atom is 0.410 e. The quantitative estimate of drug-likeness (QED) is 0.896. The normalized spacial score (nSPS) is 19.7. The first kappa shape index (κ1) is 18.7. The largest absolute Gasteiger partial charge is 0.444 e. The molecule has 0 atom stereocenters. The highest BCUT2D eigenvalue weighted by molar-refractivity contribution is 5.79. The number of nitrogens with one attached hydrogen (secondary N) is 1. The lowest BCUT2D eigenvalue weighted by molar-refractivity contribution is -0.126. The van der Waals surface area contributed by atoms with Crippen molar-refractivity contribution in [3.63, 3.8) is 0 Å². The molecule has 142 valence electrons. The molecule has 1 aromatic rings. The van der Waals surface area contributed by atoms with Crippen molar-refractivity contribution in [2.45, 2.75) is 57.5 Å². The number of rotatable bonds is 4. The second kappa shape index (κ2) is 7.29. The fourth-order valence-corrected chi connectivity index (χ4v) is 3.56. The van der Waals surface area contributed by atoms with Gasteiger partial charge < -0.3 is 15.0 Å². The predicted octanol–water partition coefficient (Wildman–Crippen LogP) is 3.48. The van der Waals surface area contributed by atoms with Crippen LogP contribution in [0.15, 0.2) is 30.3 Å². The molecule has 0 unspecified atom stereocenters. The van der Waals surface area contributed by atoms with Gasteiger partial charge in [-0.3, -0.25) is 4.79 Å². The van der Waals surface area contributed by atoms with Gasteiger partial charge in [0, 0.05) is 31.0 Å². The van der Waals surface area contributed by atoms with E-state index in [4.69, 9.17) is 4.74 Å². The smallest absolute Gasteiger partial charge is 0.410 e. The summed E-state index contributed by atoms with van der Waals surface area (Å²) in [5, 5.41) is 3.16. The van der Waals surface area contributed by atoms with Gasteiger partial charge in [-0.15, -0.1) is 0 Å². The van der Waals surface area contributed by atoms with Crippen molar-refractivity contribution >= 4 is 12.0 Å². The standard InChI is InChI=1S/C21H30N2O3/c1-20(2,3)26-19(25)23-13-9-16(10-14-23)18(24)22-15-21(11-12-21)17-7-5-4-6-8-17/h4-8,16H,9-15H2,1-3H3,(H,22,24). The number of hydrogen-bond acceptors (Lipinski definition) is 3. The molecule has 1 saturated heterocycles. The highest BCUT2D eigenvalue weighted by atomic mass is 16.6. The fraction of sp³-hybridized carbons (Fsp3) is 0.619. The molecule has 3 rings (SSSR count). The number of nitrogens with zero attached hydrogens (tertiary/aromatic N) is 1. The van der Waals surface area contributed by atoms with Crippen molar-refractivity contribution in [3.8, 4) is 0 Å². The highest BCUT2D eigenvalue weighted by Gasteiger charge is 2.44. The molecule has 2 amide bonds. The number of amides is 2. The lowest BCUT2D eigenvalue weighted by Gasteiger charge is -2.33. The zero-order valence-electron chi connectivity index (χ0n) is 16.1. The number of ether oxygens (including phenoxy) is 1. The fourth-order valence-electron chi connectivity index (χ4n) is 3.56. The molecule has 5 nitrogen and oxygen atoms in total. The van der Waals surface area contributed by atoms with Gasteiger partial charge >= 0.3 is 6.09 Å². The SMILES string of the molecule is CC(C)(C)OC(=O)N1CCC(C(=O)NCC2(c3ccccc3)CC2)CC1. The molecule has 0 spiro atoms. The summed E-state index contributed by atoms with van der Waals surface area (Å²) in [6.45, 7) is 7.47. The van der Waals surface area contributed by atoms with Gasteiger partial charge in [0.05, 0.1) is 0 Å². The first-order valence-electron chi connectivity index (χ1n) is 9.60. The van der Waals surface area contributed by atoms with Crippen LogP contribution in [0, 0.1) is 5.92 Å². The van der Waals surface area contributed by atoms with Crippen LogP contribution in [-0.2, 0) is 14.9 Å². The molecule has 1 saturated carbocycles. The molecule has 0 aromatic heterocycles. The molecule has 2 fully saturated rings. The van der Waals surface area contributed by atoms with Crippen molar-refractivity contribution in [2.24, 2.45) is 5.92 Å². The summed E-state index contributed by atoms with van der Waals surface area (Å²) in [7, 11) is 0. The Hall–Kier alpha value is -2.04. The van der Waals surface area contributed by atoms with Crippen LogP contribution >= 0.6 is 0 Å². The zero-order chi connectivity index (χ0) is 18.8. The van der Waals surface area contributed by atoms with Crippen LogP contribution in [0.4, 0.5) is 4.79 Å². The third-order valence-corrected chi connectivity index (χ3v) is 5.36. The van der Waals surface area contributed by atoms with Crippen LogP contribution in [0.25, 0.3) is 0 Å². The lowest BCUT2D eigenvalue weighted by atomic mass is 9.93. The Labute approximate surface area is 156 Å². The Bertz CT molecular complexity index is 639. The molecule has 1 aliphatic carbocycles. The number of piperidine rings is 1. The Morgan fingerprint density at radius 1 is 1.15 bits per heavy atom. The van der Waals surface area contributed by atoms with E-state index in [-0.39, 0.29) is 23.3 Å². The Morgan fingerprint density at radius 3 is 2.31 bits per heavy atom. The average molecular weight is 358 g/mol. The van der Waals surface area contributed by atoms with Crippen molar-refractivity contribution < 1.29 is 14.3 Å². The topological polar surface area (TPSA) is 58.6 Å². The molecule has 0 bridgehead atoms. The van der Waals surface area contributed by atoms with E-state index in [0.717, 1.165) is 12.8 Å². The Morgan fingerprint density at radius 2 is 1.77 bits per heavy atom. The first-order valence-corrected chi connectivity index (χ1v) is 9.60. The molecule has 1 aromatic carbocycles. The number of hydrogen-bond donors (Lipinski definition) is 1. The molecule has 0 radical (unpaired) electrons. The van der Waals surface area contributed by atoms with E-state index >= 15 is 0 Å². The summed E-state index contributed by atoms with van der Waals surface area (Å²) in [6.07, 6.45) is 3.38. The third-order valence-electron chi connectivity index (χ3n) is 5.36. The second-order valence-electron chi connectivity index (χ2n) is 8.61. The van der Waals surface area contributed by atoms with E-state index in [1.807, 2.05) is 26.8 Å². The van der Waals surface area contributed by atoms with Crippen molar-refractivity contribution in [3.05, 3.63) is 35.9 Å². The average Bonchev–Trinajstić information content (AvgIpc) is 3.40. The number of benzene rings is 1. The van der Waals surface area contributed by atoms with Crippen LogP contribution in [0.3, 0.4) is 0 Å². The van der Waals surface area contributed by atoms with Crippen LogP contribution in [0.5, 0.6) is 0 Å². The van der Waals surface area contributed by atoms with Gasteiger partial charge in [-0.1, -0.05) is 30.3 Å². The minimum Gasteiger partial charge on any atom is -0.444 e. The minimum absolute atomic E-state index is 0.0136. The van der Waals surface area contributed by atoms with Gasteiger partial charge in [-0.2, -0.15) is 0 Å². The number of carbonyl (C=O) groups excluding carboxylic acids is 2. The highest BCUT2D eigenvalue weighted by Crippen LogP contribution is 2.47. The lowest BCUT2D eigenvalue weighted by Crippen LogP contribution is -2.45. The summed E-state index contributed by atoms with van der Waals surface area (Å²) in [5.41, 5.74) is 0.968. The number of likely N-dealkylation sites (tertiary alicyclic amines) is 1. The summed E-state index contributed by atoms with van der Waals surface area (Å²) < 4.78 is 5.41. The summed E-state index contributed by atoms with van der Waals surface area (Å²) in [5.74, 6) is 0.108. The van der Waals surface area contributed by atoms with Crippen LogP contribution < -0.4 is 5.32 Å². The van der Waals surface area contributed by atoms with E-state index in [9.17, 15) is 9.59 Å². The predicted molar refractivity (Wildman–Crippen MR) is 101 cm³/mol. The van der Waals surface area contributed by atoms with E-state index < -0.39 is 5.60 Å².